The van der Waals surface area contributed by atoms with Crippen LogP contribution in [0.25, 0.3) is 0 Å². The van der Waals surface area contributed by atoms with Gasteiger partial charge in [-0.15, -0.1) is 0 Å². The summed E-state index contributed by atoms with van der Waals surface area (Å²) in [6, 6.07) is 22.4. The van der Waals surface area contributed by atoms with Crippen LogP contribution in [0, 0.1) is 30.1 Å². The summed E-state index contributed by atoms with van der Waals surface area (Å²) in [6.07, 6.45) is 7.40. The number of rotatable bonds is 25. The number of carboxylic acid groups (broad SMARTS) is 3. The Labute approximate surface area is 549 Å². The normalized spacial score (nSPS) is 18.7. The fourth-order valence-corrected chi connectivity index (χ4v) is 11.6. The van der Waals surface area contributed by atoms with Crippen molar-refractivity contribution in [2.45, 2.75) is 117 Å². The summed E-state index contributed by atoms with van der Waals surface area (Å²) in [7, 11) is 0. The molecule has 7 amide bonds. The molecule has 0 radical (unpaired) electrons. The van der Waals surface area contributed by atoms with Crippen LogP contribution < -0.4 is 21.3 Å². The average Bonchev–Trinajstić information content (AvgIpc) is 1.67. The number of carbonyl (C=O) groups excluding carboxylic acids is 7. The molecule has 25 nitrogen and oxygen atoms in total. The van der Waals surface area contributed by atoms with Gasteiger partial charge in [0.2, 0.25) is 36.4 Å². The van der Waals surface area contributed by atoms with Crippen molar-refractivity contribution in [3.8, 4) is 6.07 Å². The highest BCUT2D eigenvalue weighted by Crippen LogP contribution is 2.32. The van der Waals surface area contributed by atoms with Crippen molar-refractivity contribution in [2.75, 3.05) is 118 Å². The topological polar surface area (TPSA) is 326 Å². The number of hydrogen-bond acceptors (Lipinski definition) is 15. The highest BCUT2D eigenvalue weighted by molar-refractivity contribution is 5.94. The first-order valence-electron chi connectivity index (χ1n) is 32.4. The Kier molecular flexibility index (Phi) is 32.4. The van der Waals surface area contributed by atoms with Crippen LogP contribution in [0.1, 0.15) is 109 Å². The van der Waals surface area contributed by atoms with Crippen molar-refractivity contribution in [1.29, 1.82) is 5.26 Å². The third-order valence-corrected chi connectivity index (χ3v) is 16.9. The van der Waals surface area contributed by atoms with Crippen LogP contribution in [0.2, 0.25) is 0 Å². The molecule has 7 N–H and O–H groups in total. The Morgan fingerprint density at radius 1 is 0.681 bits per heavy atom. The summed E-state index contributed by atoms with van der Waals surface area (Å²) in [6.45, 7) is 11.9. The average molecular weight is 1310 g/mol. The molecule has 0 aliphatic carbocycles. The summed E-state index contributed by atoms with van der Waals surface area (Å²) in [5.41, 5.74) is 7.64. The van der Waals surface area contributed by atoms with Crippen molar-refractivity contribution < 1.29 is 72.0 Å². The number of hydrogen-bond donors (Lipinski definition) is 7. The monoisotopic (exact) mass is 1310 g/mol. The summed E-state index contributed by atoms with van der Waals surface area (Å²) in [4.78, 5) is 129. The van der Waals surface area contributed by atoms with Gasteiger partial charge in [-0.2, -0.15) is 5.26 Å². The fourth-order valence-electron chi connectivity index (χ4n) is 11.6. The molecule has 2 atom stereocenters. The van der Waals surface area contributed by atoms with Crippen LogP contribution in [-0.2, 0) is 75.6 Å². The second kappa shape index (κ2) is 39.9. The number of aliphatic carboxylic acids is 3. The van der Waals surface area contributed by atoms with Gasteiger partial charge in [0.25, 0.3) is 11.8 Å². The first-order valence-corrected chi connectivity index (χ1v) is 32.4. The number of halogens is 2. The van der Waals surface area contributed by atoms with Gasteiger partial charge in [-0.1, -0.05) is 74.0 Å². The first kappa shape index (κ1) is 76.3. The predicted octanol–water partition coefficient (Wildman–Crippen LogP) is 3.21. The molecule has 94 heavy (non-hydrogen) atoms. The molecule has 5 aliphatic rings. The van der Waals surface area contributed by atoms with Crippen molar-refractivity contribution in [3.63, 3.8) is 0 Å². The fraction of sp³-hybridized carbons (Fsp3) is 0.567. The number of benzene rings is 3. The third kappa shape index (κ3) is 27.2. The molecule has 514 valence electrons. The van der Waals surface area contributed by atoms with E-state index >= 15 is 0 Å². The van der Waals surface area contributed by atoms with Crippen molar-refractivity contribution in [1.82, 2.24) is 55.6 Å². The lowest BCUT2D eigenvalue weighted by Gasteiger charge is -2.32. The van der Waals surface area contributed by atoms with Crippen molar-refractivity contribution in [3.05, 3.63) is 106 Å². The van der Waals surface area contributed by atoms with E-state index in [1.165, 1.54) is 27.8 Å². The second-order valence-corrected chi connectivity index (χ2v) is 24.1. The van der Waals surface area contributed by atoms with E-state index in [2.05, 4.69) is 63.7 Å². The van der Waals surface area contributed by atoms with Gasteiger partial charge < -0.3 is 51.3 Å². The quantitative estimate of drug-likeness (QED) is 0.0473. The molecule has 3 aromatic carbocycles. The Bertz CT molecular complexity index is 2990. The Morgan fingerprint density at radius 2 is 1.24 bits per heavy atom. The second-order valence-electron chi connectivity index (χ2n) is 24.1. The van der Waals surface area contributed by atoms with Gasteiger partial charge in [0.05, 0.1) is 38.8 Å². The maximum absolute atomic E-state index is 12.9. The van der Waals surface area contributed by atoms with E-state index in [4.69, 9.17) is 5.26 Å². The Hall–Kier alpha value is -8.45. The van der Waals surface area contributed by atoms with Crippen LogP contribution in [0.15, 0.2) is 66.7 Å². The molecule has 27 heteroatoms. The van der Waals surface area contributed by atoms with Gasteiger partial charge in [0, 0.05) is 135 Å². The Morgan fingerprint density at radius 3 is 1.77 bits per heavy atom. The molecule has 0 saturated carbocycles. The van der Waals surface area contributed by atoms with Crippen LogP contribution in [0.4, 0.5) is 8.78 Å². The number of amides is 7. The van der Waals surface area contributed by atoms with E-state index in [0.717, 1.165) is 68.5 Å². The van der Waals surface area contributed by atoms with Gasteiger partial charge in [0.15, 0.2) is 0 Å². The maximum atomic E-state index is 12.9. The highest BCUT2D eigenvalue weighted by atomic mass is 19.3. The molecule has 3 aromatic rings. The predicted molar refractivity (Wildman–Crippen MR) is 345 cm³/mol. The van der Waals surface area contributed by atoms with E-state index in [-0.39, 0.29) is 68.0 Å². The van der Waals surface area contributed by atoms with E-state index in [1.54, 1.807) is 45.0 Å². The molecule has 8 rings (SSSR count). The smallest absolute Gasteiger partial charge is 0.317 e. The van der Waals surface area contributed by atoms with Crippen LogP contribution >= 0.6 is 0 Å². The number of carboxylic acids is 3. The number of piperidine rings is 1. The summed E-state index contributed by atoms with van der Waals surface area (Å²) in [5, 5.41) is 47.9. The van der Waals surface area contributed by atoms with E-state index in [0.29, 0.717) is 122 Å². The zero-order chi connectivity index (χ0) is 68.6. The number of aryl methyl sites for hydroxylation is 2. The van der Waals surface area contributed by atoms with Crippen LogP contribution in [0.5, 0.6) is 0 Å². The number of fused-ring (bicyclic) bond motifs is 1. The lowest BCUT2D eigenvalue weighted by atomic mass is 9.88. The molecule has 2 unspecified atom stereocenters. The first-order chi connectivity index (χ1) is 45.1. The summed E-state index contributed by atoms with van der Waals surface area (Å²) >= 11 is 0. The number of carbonyl (C=O) groups is 10. The zero-order valence-electron chi connectivity index (χ0n) is 54.4. The van der Waals surface area contributed by atoms with Gasteiger partial charge in [-0.3, -0.25) is 67.5 Å². The van der Waals surface area contributed by atoms with Crippen LogP contribution in [-0.4, -0.2) is 240 Å². The molecular weight excluding hydrogens is 1220 g/mol. The van der Waals surface area contributed by atoms with Crippen molar-refractivity contribution >= 4 is 60.3 Å². The molecule has 5 heterocycles. The number of alkyl halides is 2. The molecule has 0 aromatic heterocycles. The third-order valence-electron chi connectivity index (χ3n) is 16.9. The number of nitrogens with one attached hydrogen (secondary N) is 4. The van der Waals surface area contributed by atoms with Gasteiger partial charge in [0.1, 0.15) is 6.04 Å². The summed E-state index contributed by atoms with van der Waals surface area (Å²) < 4.78 is 24.9. The minimum absolute atomic E-state index is 0.0134. The molecule has 0 bridgehead atoms. The number of nitriles is 1. The number of nitrogens with zero attached hydrogens (tertiary/aromatic N) is 8. The van der Waals surface area contributed by atoms with E-state index < -0.39 is 42.8 Å². The van der Waals surface area contributed by atoms with E-state index in [9.17, 15) is 72.0 Å². The van der Waals surface area contributed by atoms with Crippen molar-refractivity contribution in [2.24, 2.45) is 11.8 Å². The lowest BCUT2D eigenvalue weighted by Crippen LogP contribution is -2.49. The molecule has 4 fully saturated rings. The molecule has 5 aliphatic heterocycles. The largest absolute Gasteiger partial charge is 0.480 e. The standard InChI is InChI=1S/C38H55N7O9.C21H27N3O3.C6H6F2N2O.C2H6/c1-29-6-8-30(9-7-29)4-2-5-33(46)41-24-31-10-12-32(13-11-31)38(54)40-15-3-14-39-34(47)25-42-16-18-43(26-35(48)49)20-22-45(28-37(52)53)23-21-44(19-17-42)27-36(50)51;25-14-23-8-5-15(6-9-23)10-16-2-1-3-18-12-24(13-19(16)18)20(26)11-17-4-7-22-21(17)27;7-6(8)1-5(2-9)10(3-6)4-11;1-2/h6-13H,2-5,14-28H2,1H3,(H,39,47)(H,40,54)(H,41,46)(H,48,49)(H,50,51)(H,52,53);1-3,14-15,17H,4-13H2,(H,22,27);4-5H,1,3H2;1-2H3. The van der Waals surface area contributed by atoms with Gasteiger partial charge in [-0.25, -0.2) is 8.78 Å². The maximum Gasteiger partial charge on any atom is 0.317 e. The minimum atomic E-state index is -2.89. The highest BCUT2D eigenvalue weighted by Gasteiger charge is 2.44. The zero-order valence-corrected chi connectivity index (χ0v) is 54.4. The molecule has 4 saturated heterocycles. The molecular formula is C67H94F2N12O13. The minimum Gasteiger partial charge on any atom is -0.480 e. The lowest BCUT2D eigenvalue weighted by molar-refractivity contribution is -0.140. The summed E-state index contributed by atoms with van der Waals surface area (Å²) in [5.74, 6) is -5.96. The van der Waals surface area contributed by atoms with E-state index in [1.807, 2.05) is 35.5 Å². The number of likely N-dealkylation sites (tertiary alicyclic amines) is 2. The van der Waals surface area contributed by atoms with Crippen LogP contribution in [0.3, 0.4) is 0 Å². The molecule has 0 spiro atoms. The van der Waals surface area contributed by atoms with Gasteiger partial charge in [-0.05, 0) is 97.7 Å². The van der Waals surface area contributed by atoms with Gasteiger partial charge >= 0.3 is 17.9 Å². The Balaban J connectivity index is 0.000000325. The SMILES string of the molecule is CC.Cc1ccc(CCCC(=O)NCc2ccc(C(=O)NCCCNC(=O)CN3CCN(CC(=O)O)CCN(CC(=O)O)CCN(CC(=O)O)CC3)cc2)cc1.N#CC1CC(F)(F)CN1C=O.O=CN1CCC(Cc2cccc3c2CN(C(=O)CC2CCNC2=O)C3)CC1.